The first kappa shape index (κ1) is 26.1. The maximum atomic E-state index is 14.4. The lowest BCUT2D eigenvalue weighted by Gasteiger charge is -2.15. The van der Waals surface area contributed by atoms with Gasteiger partial charge in [0, 0.05) is 24.9 Å². The summed E-state index contributed by atoms with van der Waals surface area (Å²) >= 11 is 0.966. The highest BCUT2D eigenvalue weighted by atomic mass is 32.2. The topological polar surface area (TPSA) is 148 Å². The van der Waals surface area contributed by atoms with Crippen molar-refractivity contribution in [3.8, 4) is 11.1 Å². The summed E-state index contributed by atoms with van der Waals surface area (Å²) in [6.45, 7) is -0.910. The molecule has 1 aliphatic rings. The molecule has 0 aliphatic heterocycles. The van der Waals surface area contributed by atoms with Gasteiger partial charge in [0.1, 0.15) is 5.01 Å². The summed E-state index contributed by atoms with van der Waals surface area (Å²) < 4.78 is 46.0. The van der Waals surface area contributed by atoms with E-state index in [0.29, 0.717) is 21.3 Å². The number of fused-ring (bicyclic) bond motifs is 1. The van der Waals surface area contributed by atoms with Gasteiger partial charge in [0.25, 0.3) is 0 Å². The summed E-state index contributed by atoms with van der Waals surface area (Å²) in [5, 5.41) is 13.3. The van der Waals surface area contributed by atoms with E-state index in [1.807, 2.05) is 0 Å². The third-order valence-corrected chi connectivity index (χ3v) is 8.73. The van der Waals surface area contributed by atoms with Crippen LogP contribution < -0.4 is 10.6 Å². The third-order valence-electron chi connectivity index (χ3n) is 5.61. The number of aromatic nitrogens is 2. The number of amides is 2. The van der Waals surface area contributed by atoms with Gasteiger partial charge in [-0.2, -0.15) is 4.39 Å². The maximum Gasteiger partial charge on any atom is 0.245 e. The van der Waals surface area contributed by atoms with Gasteiger partial charge in [0.2, 0.25) is 17.8 Å². The fraction of sp³-hybridized carbons (Fsp3) is 0.391. The lowest BCUT2D eigenvalue weighted by molar-refractivity contribution is -0.126. The Balaban J connectivity index is 1.70. The number of nitrogens with zero attached hydrogens (tertiary/aromatic N) is 2. The summed E-state index contributed by atoms with van der Waals surface area (Å²) in [5.41, 5.74) is 1.26. The Morgan fingerprint density at radius 1 is 1.31 bits per heavy atom. The van der Waals surface area contributed by atoms with Gasteiger partial charge >= 0.3 is 0 Å². The van der Waals surface area contributed by atoms with Crippen molar-refractivity contribution in [1.82, 2.24) is 20.6 Å². The Bertz CT molecular complexity index is 1390. The molecule has 1 aliphatic carbocycles. The molecule has 1 fully saturated rings. The minimum atomic E-state index is -4.07. The number of ether oxygens (including phenoxy) is 1. The van der Waals surface area contributed by atoms with Crippen molar-refractivity contribution < 1.29 is 32.2 Å². The molecule has 1 saturated carbocycles. The van der Waals surface area contributed by atoms with E-state index in [1.165, 1.54) is 25.4 Å². The SMILES string of the molecule is COCCS(=O)(=O)C(C(=O)NCC(=O)NC1CC1)c1nc2cc(CO)c(-c3cccnc3F)cc2s1. The molecule has 0 spiro atoms. The first-order valence-electron chi connectivity index (χ1n) is 11.2. The highest BCUT2D eigenvalue weighted by Gasteiger charge is 2.37. The number of aliphatic hydroxyl groups excluding tert-OH is 1. The van der Waals surface area contributed by atoms with Crippen molar-refractivity contribution in [3.05, 3.63) is 47.0 Å². The Labute approximate surface area is 210 Å². The molecule has 36 heavy (non-hydrogen) atoms. The number of carbonyl (C=O) groups excluding carboxylic acids is 2. The molecule has 13 heteroatoms. The summed E-state index contributed by atoms with van der Waals surface area (Å²) in [6.07, 6.45) is 3.06. The van der Waals surface area contributed by atoms with Crippen molar-refractivity contribution in [1.29, 1.82) is 0 Å². The molecule has 2 heterocycles. The van der Waals surface area contributed by atoms with Crippen molar-refractivity contribution in [2.24, 2.45) is 0 Å². The quantitative estimate of drug-likeness (QED) is 0.312. The third kappa shape index (κ3) is 5.86. The van der Waals surface area contributed by atoms with Crippen molar-refractivity contribution in [2.75, 3.05) is 26.0 Å². The number of hydrogen-bond donors (Lipinski definition) is 3. The number of hydrogen-bond acceptors (Lipinski definition) is 9. The summed E-state index contributed by atoms with van der Waals surface area (Å²) in [5.74, 6) is -2.43. The second-order valence-electron chi connectivity index (χ2n) is 8.33. The van der Waals surface area contributed by atoms with Gasteiger partial charge in [-0.1, -0.05) is 0 Å². The van der Waals surface area contributed by atoms with Crippen molar-refractivity contribution >= 4 is 43.2 Å². The minimum absolute atomic E-state index is 0.00565. The average Bonchev–Trinajstić information content (AvgIpc) is 3.57. The summed E-state index contributed by atoms with van der Waals surface area (Å²) in [7, 11) is -2.72. The van der Waals surface area contributed by atoms with Crippen LogP contribution in [0.5, 0.6) is 0 Å². The van der Waals surface area contributed by atoms with Gasteiger partial charge in [-0.05, 0) is 48.2 Å². The Hall–Kier alpha value is -3.00. The molecule has 0 radical (unpaired) electrons. The standard InChI is InChI=1S/C23H25FN4O6S2/c1-34-7-8-36(32,33)20(22(31)26-11-19(30)27-14-4-5-14)23-28-17-9-13(12-29)16(10-18(17)35-23)15-3-2-6-25-21(15)24/h2-3,6,9-10,14,20,29H,4-5,7-8,11-12H2,1H3,(H,26,31)(H,27,30). The van der Waals surface area contributed by atoms with Crippen molar-refractivity contribution in [2.45, 2.75) is 30.7 Å². The summed E-state index contributed by atoms with van der Waals surface area (Å²) in [6, 6.07) is 6.28. The van der Waals surface area contributed by atoms with E-state index in [2.05, 4.69) is 20.6 Å². The zero-order valence-corrected chi connectivity index (χ0v) is 21.0. The Morgan fingerprint density at radius 3 is 2.75 bits per heavy atom. The lowest BCUT2D eigenvalue weighted by atomic mass is 10.0. The molecular formula is C23H25FN4O6S2. The molecule has 0 bridgehead atoms. The Morgan fingerprint density at radius 2 is 2.08 bits per heavy atom. The molecule has 3 aromatic rings. The number of benzene rings is 1. The molecule has 0 saturated heterocycles. The van der Waals surface area contributed by atoms with E-state index in [4.69, 9.17) is 4.74 Å². The second kappa shape index (κ2) is 10.9. The molecule has 1 aromatic carbocycles. The molecule has 2 aromatic heterocycles. The first-order valence-corrected chi connectivity index (χ1v) is 13.7. The van der Waals surface area contributed by atoms with Crippen LogP contribution in [-0.4, -0.2) is 67.4 Å². The molecule has 4 rings (SSSR count). The number of thiazole rings is 1. The predicted octanol–water partition coefficient (Wildman–Crippen LogP) is 1.49. The zero-order chi connectivity index (χ0) is 25.9. The number of rotatable bonds is 11. The normalized spacial score (nSPS) is 14.5. The van der Waals surface area contributed by atoms with Crippen LogP contribution in [0, 0.1) is 5.95 Å². The van der Waals surface area contributed by atoms with E-state index in [-0.39, 0.29) is 29.8 Å². The molecule has 2 amide bonds. The second-order valence-corrected chi connectivity index (χ2v) is 11.6. The van der Waals surface area contributed by atoms with Crippen LogP contribution in [0.2, 0.25) is 0 Å². The molecule has 3 N–H and O–H groups in total. The van der Waals surface area contributed by atoms with Crippen LogP contribution in [0.3, 0.4) is 0 Å². The van der Waals surface area contributed by atoms with Gasteiger partial charge < -0.3 is 20.5 Å². The largest absolute Gasteiger partial charge is 0.392 e. The highest BCUT2D eigenvalue weighted by Crippen LogP contribution is 2.36. The van der Waals surface area contributed by atoms with E-state index >= 15 is 0 Å². The van der Waals surface area contributed by atoms with Crippen LogP contribution in [0.25, 0.3) is 21.3 Å². The van der Waals surface area contributed by atoms with Gasteiger partial charge in [-0.25, -0.2) is 18.4 Å². The molecule has 1 unspecified atom stereocenters. The number of methoxy groups -OCH3 is 1. The fourth-order valence-corrected chi connectivity index (χ4v) is 6.59. The summed E-state index contributed by atoms with van der Waals surface area (Å²) in [4.78, 5) is 33.1. The van der Waals surface area contributed by atoms with Crippen LogP contribution in [0.15, 0.2) is 30.5 Å². The van der Waals surface area contributed by atoms with Crippen LogP contribution in [0.4, 0.5) is 4.39 Å². The first-order chi connectivity index (χ1) is 17.2. The number of sulfone groups is 1. The smallest absolute Gasteiger partial charge is 0.245 e. The Kier molecular flexibility index (Phi) is 7.93. The van der Waals surface area contributed by atoms with Gasteiger partial charge in [0.05, 0.1) is 35.7 Å². The van der Waals surface area contributed by atoms with Crippen molar-refractivity contribution in [3.63, 3.8) is 0 Å². The lowest BCUT2D eigenvalue weighted by Crippen LogP contribution is -2.41. The number of nitrogens with one attached hydrogen (secondary N) is 2. The molecule has 10 nitrogen and oxygen atoms in total. The number of halogens is 1. The fourth-order valence-electron chi connectivity index (χ4n) is 3.63. The maximum absolute atomic E-state index is 14.4. The highest BCUT2D eigenvalue weighted by molar-refractivity contribution is 7.92. The van der Waals surface area contributed by atoms with E-state index in [9.17, 15) is 27.5 Å². The molecular weight excluding hydrogens is 511 g/mol. The van der Waals surface area contributed by atoms with Crippen LogP contribution >= 0.6 is 11.3 Å². The van der Waals surface area contributed by atoms with Gasteiger partial charge in [0.15, 0.2) is 15.1 Å². The monoisotopic (exact) mass is 536 g/mol. The number of pyridine rings is 1. The minimum Gasteiger partial charge on any atom is -0.392 e. The van der Waals surface area contributed by atoms with Crippen LogP contribution in [0.1, 0.15) is 28.7 Å². The number of carbonyl (C=O) groups is 2. The van der Waals surface area contributed by atoms with E-state index < -0.39 is 45.2 Å². The average molecular weight is 537 g/mol. The van der Waals surface area contributed by atoms with E-state index in [1.54, 1.807) is 12.1 Å². The van der Waals surface area contributed by atoms with E-state index in [0.717, 1.165) is 24.2 Å². The zero-order valence-electron chi connectivity index (χ0n) is 19.4. The van der Waals surface area contributed by atoms with Gasteiger partial charge in [-0.3, -0.25) is 9.59 Å². The molecule has 1 atom stereocenters. The number of aliphatic hydroxyl groups is 1. The van der Waals surface area contributed by atoms with Gasteiger partial charge in [-0.15, -0.1) is 11.3 Å². The predicted molar refractivity (Wildman–Crippen MR) is 131 cm³/mol. The van der Waals surface area contributed by atoms with Crippen LogP contribution in [-0.2, 0) is 30.8 Å². The molecule has 192 valence electrons.